The first kappa shape index (κ1) is 21.4. The predicted molar refractivity (Wildman–Crippen MR) is 126 cm³/mol. The minimum Gasteiger partial charge on any atom is -0.463 e. The van der Waals surface area contributed by atoms with Gasteiger partial charge in [0.25, 0.3) is 0 Å². The van der Waals surface area contributed by atoms with Crippen molar-refractivity contribution in [3.63, 3.8) is 0 Å². The van der Waals surface area contributed by atoms with Gasteiger partial charge >= 0.3 is 0 Å². The summed E-state index contributed by atoms with van der Waals surface area (Å²) in [5.41, 5.74) is 5.98. The Labute approximate surface area is 186 Å². The van der Waals surface area contributed by atoms with Gasteiger partial charge in [-0.15, -0.1) is 10.2 Å². The molecule has 1 unspecified atom stereocenters. The van der Waals surface area contributed by atoms with Crippen LogP contribution in [0.15, 0.2) is 46.0 Å². The van der Waals surface area contributed by atoms with Gasteiger partial charge in [-0.05, 0) is 30.4 Å². The highest BCUT2D eigenvalue weighted by Gasteiger charge is 2.23. The van der Waals surface area contributed by atoms with Crippen LogP contribution in [-0.4, -0.2) is 25.8 Å². The molecule has 31 heavy (non-hydrogen) atoms. The number of carbonyl (C=O) groups is 1. The molecule has 4 aromatic rings. The number of nitrogens with zero attached hydrogens (tertiary/aromatic N) is 3. The zero-order valence-electron chi connectivity index (χ0n) is 18.4. The molecule has 7 heteroatoms. The van der Waals surface area contributed by atoms with Crippen LogP contribution in [0.25, 0.3) is 16.6 Å². The number of rotatable bonds is 8. The number of fused-ring (bicyclic) bond motifs is 3. The Morgan fingerprint density at radius 1 is 1.06 bits per heavy atom. The molecule has 162 valence electrons. The lowest BCUT2D eigenvalue weighted by atomic mass is 10.0. The van der Waals surface area contributed by atoms with Crippen molar-refractivity contribution in [3.05, 3.63) is 53.5 Å². The molecule has 1 N–H and O–H groups in total. The number of thioether (sulfide) groups is 1. The van der Waals surface area contributed by atoms with Gasteiger partial charge in [-0.1, -0.05) is 57.7 Å². The van der Waals surface area contributed by atoms with E-state index < -0.39 is 0 Å². The molecular weight excluding hydrogens is 408 g/mol. The Kier molecular flexibility index (Phi) is 6.32. The quantitative estimate of drug-likeness (QED) is 0.360. The van der Waals surface area contributed by atoms with E-state index in [2.05, 4.69) is 58.9 Å². The van der Waals surface area contributed by atoms with Crippen LogP contribution in [0.2, 0.25) is 0 Å². The summed E-state index contributed by atoms with van der Waals surface area (Å²) < 4.78 is 7.68. The van der Waals surface area contributed by atoms with Crippen molar-refractivity contribution >= 4 is 40.0 Å². The third kappa shape index (κ3) is 3.94. The minimum atomic E-state index is -0.276. The van der Waals surface area contributed by atoms with E-state index in [1.165, 1.54) is 11.8 Å². The minimum absolute atomic E-state index is 0.00198. The van der Waals surface area contributed by atoms with Crippen molar-refractivity contribution in [1.82, 2.24) is 14.6 Å². The van der Waals surface area contributed by atoms with Gasteiger partial charge in [0.1, 0.15) is 10.9 Å². The van der Waals surface area contributed by atoms with Gasteiger partial charge < -0.3 is 9.73 Å². The van der Waals surface area contributed by atoms with E-state index in [0.29, 0.717) is 6.42 Å². The zero-order valence-corrected chi connectivity index (χ0v) is 19.3. The summed E-state index contributed by atoms with van der Waals surface area (Å²) in [6, 6.07) is 10.1. The van der Waals surface area contributed by atoms with Crippen molar-refractivity contribution in [2.24, 2.45) is 0 Å². The molecule has 6 nitrogen and oxygen atoms in total. The van der Waals surface area contributed by atoms with E-state index in [1.54, 1.807) is 6.26 Å². The summed E-state index contributed by atoms with van der Waals surface area (Å²) in [5.74, 6) is 0.871. The molecule has 0 saturated heterocycles. The van der Waals surface area contributed by atoms with Crippen molar-refractivity contribution < 1.29 is 9.21 Å². The van der Waals surface area contributed by atoms with Crippen LogP contribution in [0.1, 0.15) is 51.1 Å². The van der Waals surface area contributed by atoms with E-state index in [-0.39, 0.29) is 11.2 Å². The Bertz CT molecular complexity index is 1210. The highest BCUT2D eigenvalue weighted by Crippen LogP contribution is 2.33. The summed E-state index contributed by atoms with van der Waals surface area (Å²) in [6.45, 7) is 8.31. The summed E-state index contributed by atoms with van der Waals surface area (Å²) in [7, 11) is 0. The number of hydrogen-bond acceptors (Lipinski definition) is 5. The Morgan fingerprint density at radius 2 is 1.81 bits per heavy atom. The molecule has 4 rings (SSSR count). The molecule has 1 aromatic carbocycles. The molecule has 0 aliphatic heterocycles. The monoisotopic (exact) mass is 436 g/mol. The first-order valence-electron chi connectivity index (χ1n) is 10.9. The molecule has 0 spiro atoms. The maximum atomic E-state index is 13.3. The molecule has 0 aliphatic carbocycles. The van der Waals surface area contributed by atoms with Crippen LogP contribution in [0.5, 0.6) is 0 Å². The summed E-state index contributed by atoms with van der Waals surface area (Å²) >= 11 is 1.46. The SMILES string of the molecule is CCc1cccc(CC)c1NC(=O)C(CC)Sc1nnc(CC)n2c1cc1occc12. The number of aromatic nitrogens is 3. The number of para-hydroxylation sites is 1. The second-order valence-corrected chi connectivity index (χ2v) is 8.66. The van der Waals surface area contributed by atoms with E-state index >= 15 is 0 Å². The third-order valence-corrected chi connectivity index (χ3v) is 6.98. The molecule has 3 heterocycles. The molecule has 0 bridgehead atoms. The number of furan rings is 1. The molecule has 0 saturated carbocycles. The van der Waals surface area contributed by atoms with Crippen LogP contribution in [0.3, 0.4) is 0 Å². The van der Waals surface area contributed by atoms with Crippen LogP contribution in [-0.2, 0) is 24.1 Å². The van der Waals surface area contributed by atoms with Crippen LogP contribution in [0.4, 0.5) is 5.69 Å². The van der Waals surface area contributed by atoms with Gasteiger partial charge in [0, 0.05) is 24.2 Å². The van der Waals surface area contributed by atoms with Crippen molar-refractivity contribution in [3.8, 4) is 0 Å². The first-order valence-corrected chi connectivity index (χ1v) is 11.8. The smallest absolute Gasteiger partial charge is 0.237 e. The Hall–Kier alpha value is -2.80. The molecule has 3 aromatic heterocycles. The van der Waals surface area contributed by atoms with Gasteiger partial charge in [0.15, 0.2) is 5.58 Å². The van der Waals surface area contributed by atoms with Gasteiger partial charge in [-0.25, -0.2) is 0 Å². The van der Waals surface area contributed by atoms with Gasteiger partial charge in [0.2, 0.25) is 5.91 Å². The number of aryl methyl sites for hydroxylation is 3. The number of benzene rings is 1. The van der Waals surface area contributed by atoms with Crippen LogP contribution < -0.4 is 5.32 Å². The first-order chi connectivity index (χ1) is 15.1. The predicted octanol–water partition coefficient (Wildman–Crippen LogP) is 5.67. The number of amides is 1. The summed E-state index contributed by atoms with van der Waals surface area (Å²) in [5, 5.41) is 12.6. The van der Waals surface area contributed by atoms with Crippen LogP contribution in [0, 0.1) is 0 Å². The fourth-order valence-corrected chi connectivity index (χ4v) is 4.90. The number of carbonyl (C=O) groups excluding carboxylic acids is 1. The van der Waals surface area contributed by atoms with Gasteiger partial charge in [-0.2, -0.15) is 0 Å². The second kappa shape index (κ2) is 9.14. The van der Waals surface area contributed by atoms with Crippen LogP contribution >= 0.6 is 11.8 Å². The number of hydrogen-bond donors (Lipinski definition) is 1. The topological polar surface area (TPSA) is 72.4 Å². The summed E-state index contributed by atoms with van der Waals surface area (Å²) in [6.07, 6.45) is 4.88. The van der Waals surface area contributed by atoms with E-state index in [9.17, 15) is 4.79 Å². The normalized spacial score (nSPS) is 12.5. The molecule has 1 amide bonds. The average Bonchev–Trinajstić information content (AvgIpc) is 3.39. The number of nitrogens with one attached hydrogen (secondary N) is 1. The lowest BCUT2D eigenvalue weighted by Gasteiger charge is -2.19. The maximum Gasteiger partial charge on any atom is 0.237 e. The molecular formula is C24H28N4O2S. The third-order valence-electron chi connectivity index (χ3n) is 5.64. The maximum absolute atomic E-state index is 13.3. The standard InChI is InChI=1S/C24H28N4O2S/c1-5-15-10-9-11-16(6-2)22(15)25-23(29)20(7-3)31-24-18-14-19-17(12-13-30-19)28(18)21(8-4)26-27-24/h9-14,20H,5-8H2,1-4H3,(H,25,29). The van der Waals surface area contributed by atoms with Crippen molar-refractivity contribution in [2.75, 3.05) is 5.32 Å². The lowest BCUT2D eigenvalue weighted by molar-refractivity contribution is -0.115. The molecule has 0 radical (unpaired) electrons. The fourth-order valence-electron chi connectivity index (χ4n) is 3.94. The van der Waals surface area contributed by atoms with E-state index in [0.717, 1.165) is 63.5 Å². The summed E-state index contributed by atoms with van der Waals surface area (Å²) in [4.78, 5) is 13.3. The van der Waals surface area contributed by atoms with Crippen molar-refractivity contribution in [2.45, 2.75) is 63.7 Å². The van der Waals surface area contributed by atoms with Gasteiger partial charge in [-0.3, -0.25) is 9.20 Å². The van der Waals surface area contributed by atoms with E-state index in [1.807, 2.05) is 19.1 Å². The highest BCUT2D eigenvalue weighted by atomic mass is 32.2. The van der Waals surface area contributed by atoms with E-state index in [4.69, 9.17) is 4.42 Å². The van der Waals surface area contributed by atoms with Crippen molar-refractivity contribution in [1.29, 1.82) is 0 Å². The lowest BCUT2D eigenvalue weighted by Crippen LogP contribution is -2.26. The average molecular weight is 437 g/mol. The highest BCUT2D eigenvalue weighted by molar-refractivity contribution is 8.00. The fraction of sp³-hybridized carbons (Fsp3) is 0.375. The Balaban J connectivity index is 1.66. The second-order valence-electron chi connectivity index (χ2n) is 7.47. The molecule has 0 fully saturated rings. The van der Waals surface area contributed by atoms with Gasteiger partial charge in [0.05, 0.1) is 22.5 Å². The zero-order chi connectivity index (χ0) is 22.0. The molecule has 1 atom stereocenters. The largest absolute Gasteiger partial charge is 0.463 e. The Morgan fingerprint density at radius 3 is 2.45 bits per heavy atom. The number of anilines is 1. The molecule has 0 aliphatic rings.